The van der Waals surface area contributed by atoms with E-state index in [-0.39, 0.29) is 41.7 Å². The summed E-state index contributed by atoms with van der Waals surface area (Å²) in [5.41, 5.74) is -0.549. The van der Waals surface area contributed by atoms with Gasteiger partial charge in [-0.25, -0.2) is 9.37 Å². The number of hydrogen-bond acceptors (Lipinski definition) is 4. The summed E-state index contributed by atoms with van der Waals surface area (Å²) in [6, 6.07) is 3.15. The third-order valence-electron chi connectivity index (χ3n) is 4.44. The number of carbonyl (C=O) groups is 1. The molecule has 1 aromatic rings. The standard InChI is InChI=1S/C18H29FN6O.HI/c1-5-21-16(26)18(2,3)12-23-17(20-4)24-13-8-10-25(11-13)15-14(19)7-6-9-22-15;/h6-7,9,13H,5,8,10-12H2,1-4H3,(H,21,26)(H2,20,23,24);1H. The molecule has 1 amide bonds. The molecule has 1 aromatic heterocycles. The molecule has 1 atom stereocenters. The van der Waals surface area contributed by atoms with Crippen LogP contribution >= 0.6 is 24.0 Å². The van der Waals surface area contributed by atoms with E-state index in [1.807, 2.05) is 25.7 Å². The number of nitrogens with zero attached hydrogens (tertiary/aromatic N) is 3. The van der Waals surface area contributed by atoms with E-state index in [2.05, 4.69) is 25.9 Å². The number of hydrogen-bond donors (Lipinski definition) is 3. The summed E-state index contributed by atoms with van der Waals surface area (Å²) in [7, 11) is 1.69. The van der Waals surface area contributed by atoms with Crippen LogP contribution in [-0.4, -0.2) is 56.1 Å². The molecular formula is C18H30FIN6O. The molecule has 1 saturated heterocycles. The molecule has 0 aromatic carbocycles. The monoisotopic (exact) mass is 492 g/mol. The molecule has 3 N–H and O–H groups in total. The highest BCUT2D eigenvalue weighted by molar-refractivity contribution is 14.0. The van der Waals surface area contributed by atoms with E-state index in [4.69, 9.17) is 0 Å². The van der Waals surface area contributed by atoms with Crippen LogP contribution in [0.15, 0.2) is 23.3 Å². The highest BCUT2D eigenvalue weighted by atomic mass is 127. The molecule has 1 aliphatic heterocycles. The van der Waals surface area contributed by atoms with Gasteiger partial charge in [0.15, 0.2) is 17.6 Å². The maximum Gasteiger partial charge on any atom is 0.227 e. The van der Waals surface area contributed by atoms with Gasteiger partial charge in [-0.15, -0.1) is 24.0 Å². The highest BCUT2D eigenvalue weighted by Gasteiger charge is 2.29. The van der Waals surface area contributed by atoms with Gasteiger partial charge in [0, 0.05) is 45.5 Å². The van der Waals surface area contributed by atoms with Crippen molar-refractivity contribution in [1.82, 2.24) is 20.9 Å². The number of anilines is 1. The van der Waals surface area contributed by atoms with Crippen molar-refractivity contribution < 1.29 is 9.18 Å². The first-order valence-electron chi connectivity index (χ1n) is 8.98. The molecule has 7 nitrogen and oxygen atoms in total. The molecule has 9 heteroatoms. The lowest BCUT2D eigenvalue weighted by molar-refractivity contribution is -0.128. The number of guanidine groups is 1. The van der Waals surface area contributed by atoms with Crippen LogP contribution in [0.5, 0.6) is 0 Å². The van der Waals surface area contributed by atoms with Crippen molar-refractivity contribution in [3.05, 3.63) is 24.1 Å². The number of aromatic nitrogens is 1. The van der Waals surface area contributed by atoms with Crippen LogP contribution < -0.4 is 20.9 Å². The van der Waals surface area contributed by atoms with Crippen molar-refractivity contribution in [3.63, 3.8) is 0 Å². The van der Waals surface area contributed by atoms with Gasteiger partial charge in [-0.1, -0.05) is 0 Å². The fourth-order valence-electron chi connectivity index (χ4n) is 2.85. The molecule has 0 spiro atoms. The van der Waals surface area contributed by atoms with E-state index < -0.39 is 5.41 Å². The largest absolute Gasteiger partial charge is 0.356 e. The van der Waals surface area contributed by atoms with Crippen molar-refractivity contribution >= 4 is 41.7 Å². The van der Waals surface area contributed by atoms with E-state index >= 15 is 0 Å². The molecular weight excluding hydrogens is 462 g/mol. The number of pyridine rings is 1. The molecule has 152 valence electrons. The SMILES string of the molecule is CCNC(=O)C(C)(C)CNC(=NC)NC1CCN(c2ncccc2F)C1.I. The Morgan fingerprint density at radius 3 is 2.81 bits per heavy atom. The van der Waals surface area contributed by atoms with E-state index in [0.29, 0.717) is 31.4 Å². The summed E-state index contributed by atoms with van der Waals surface area (Å²) in [4.78, 5) is 22.4. The summed E-state index contributed by atoms with van der Waals surface area (Å²) in [5, 5.41) is 9.40. The van der Waals surface area contributed by atoms with Crippen LogP contribution in [0.25, 0.3) is 0 Å². The molecule has 27 heavy (non-hydrogen) atoms. The van der Waals surface area contributed by atoms with Gasteiger partial charge in [-0.05, 0) is 39.3 Å². The van der Waals surface area contributed by atoms with Crippen molar-refractivity contribution in [2.45, 2.75) is 33.2 Å². The van der Waals surface area contributed by atoms with Gasteiger partial charge >= 0.3 is 0 Å². The minimum Gasteiger partial charge on any atom is -0.356 e. The van der Waals surface area contributed by atoms with Gasteiger partial charge in [0.1, 0.15) is 0 Å². The second-order valence-corrected chi connectivity index (χ2v) is 7.05. The Morgan fingerprint density at radius 2 is 2.19 bits per heavy atom. The summed E-state index contributed by atoms with van der Waals surface area (Å²) in [6.07, 6.45) is 2.46. The normalized spacial score (nSPS) is 17.3. The first kappa shape index (κ1) is 23.4. The molecule has 1 unspecified atom stereocenters. The van der Waals surface area contributed by atoms with E-state index in [0.717, 1.165) is 13.0 Å². The first-order valence-corrected chi connectivity index (χ1v) is 8.98. The van der Waals surface area contributed by atoms with Crippen molar-refractivity contribution in [2.24, 2.45) is 10.4 Å². The number of nitrogens with one attached hydrogen (secondary N) is 3. The average Bonchev–Trinajstić information content (AvgIpc) is 3.07. The zero-order valence-corrected chi connectivity index (χ0v) is 18.7. The van der Waals surface area contributed by atoms with Crippen LogP contribution in [0.3, 0.4) is 0 Å². The second kappa shape index (κ2) is 10.6. The quantitative estimate of drug-likeness (QED) is 0.320. The Hall–Kier alpha value is -1.65. The smallest absolute Gasteiger partial charge is 0.227 e. The van der Waals surface area contributed by atoms with Gasteiger partial charge in [0.2, 0.25) is 5.91 Å². The van der Waals surface area contributed by atoms with Crippen LogP contribution in [-0.2, 0) is 4.79 Å². The Morgan fingerprint density at radius 1 is 1.44 bits per heavy atom. The Bertz CT molecular complexity index is 654. The molecule has 0 bridgehead atoms. The topological polar surface area (TPSA) is 81.6 Å². The number of rotatable bonds is 6. The summed E-state index contributed by atoms with van der Waals surface area (Å²) in [5.74, 6) is 0.716. The minimum atomic E-state index is -0.549. The summed E-state index contributed by atoms with van der Waals surface area (Å²) >= 11 is 0. The van der Waals surface area contributed by atoms with Crippen molar-refractivity contribution in [2.75, 3.05) is 38.1 Å². The molecule has 2 rings (SSSR count). The maximum absolute atomic E-state index is 13.9. The van der Waals surface area contributed by atoms with Gasteiger partial charge in [0.25, 0.3) is 0 Å². The van der Waals surface area contributed by atoms with E-state index in [1.54, 1.807) is 19.3 Å². The molecule has 0 saturated carbocycles. The van der Waals surface area contributed by atoms with Crippen molar-refractivity contribution in [3.8, 4) is 0 Å². The van der Waals surface area contributed by atoms with E-state index in [1.165, 1.54) is 6.07 Å². The van der Waals surface area contributed by atoms with Crippen molar-refractivity contribution in [1.29, 1.82) is 0 Å². The van der Waals surface area contributed by atoms with E-state index in [9.17, 15) is 9.18 Å². The summed E-state index contributed by atoms with van der Waals surface area (Å²) in [6.45, 7) is 8.12. The Labute approximate surface area is 177 Å². The first-order chi connectivity index (χ1) is 12.4. The maximum atomic E-state index is 13.9. The third-order valence-corrected chi connectivity index (χ3v) is 4.44. The van der Waals surface area contributed by atoms with Gasteiger partial charge < -0.3 is 20.9 Å². The Kier molecular flexibility index (Phi) is 9.20. The van der Waals surface area contributed by atoms with Gasteiger partial charge in [0.05, 0.1) is 5.41 Å². The molecule has 1 fully saturated rings. The Balaban J connectivity index is 0.00000364. The zero-order valence-electron chi connectivity index (χ0n) is 16.4. The lowest BCUT2D eigenvalue weighted by atomic mass is 9.92. The predicted octanol–water partition coefficient (Wildman–Crippen LogP) is 1.74. The fraction of sp³-hybridized carbons (Fsp3) is 0.611. The van der Waals surface area contributed by atoms with Crippen LogP contribution in [0.4, 0.5) is 10.2 Å². The van der Waals surface area contributed by atoms with Gasteiger partial charge in [-0.2, -0.15) is 0 Å². The molecule has 0 aliphatic carbocycles. The number of carbonyl (C=O) groups excluding carboxylic acids is 1. The minimum absolute atomic E-state index is 0. The predicted molar refractivity (Wildman–Crippen MR) is 117 cm³/mol. The zero-order chi connectivity index (χ0) is 19.2. The highest BCUT2D eigenvalue weighted by Crippen LogP contribution is 2.20. The lowest BCUT2D eigenvalue weighted by Gasteiger charge is -2.26. The second-order valence-electron chi connectivity index (χ2n) is 7.05. The molecule has 2 heterocycles. The van der Waals surface area contributed by atoms with Crippen LogP contribution in [0, 0.1) is 11.2 Å². The van der Waals surface area contributed by atoms with Gasteiger partial charge in [-0.3, -0.25) is 9.79 Å². The van der Waals surface area contributed by atoms with Crippen LogP contribution in [0.2, 0.25) is 0 Å². The number of halogens is 2. The fourth-order valence-corrected chi connectivity index (χ4v) is 2.85. The van der Waals surface area contributed by atoms with Crippen LogP contribution in [0.1, 0.15) is 27.2 Å². The third kappa shape index (κ3) is 6.47. The average molecular weight is 492 g/mol. The summed E-state index contributed by atoms with van der Waals surface area (Å²) < 4.78 is 13.9. The molecule has 0 radical (unpaired) electrons. The lowest BCUT2D eigenvalue weighted by Crippen LogP contribution is -2.50. The molecule has 1 aliphatic rings. The number of amides is 1. The number of aliphatic imine (C=N–C) groups is 1.